The van der Waals surface area contributed by atoms with Gasteiger partial charge in [-0.1, -0.05) is 25.4 Å². The molecule has 1 aliphatic heterocycles. The molecule has 1 aromatic rings. The number of rotatable bonds is 6. The molecular weight excluding hydrogens is 296 g/mol. The van der Waals surface area contributed by atoms with Gasteiger partial charge < -0.3 is 10.2 Å². The molecule has 1 saturated heterocycles. The molecule has 0 spiro atoms. The van der Waals surface area contributed by atoms with Crippen molar-refractivity contribution in [3.63, 3.8) is 0 Å². The average molecular weight is 323 g/mol. The van der Waals surface area contributed by atoms with E-state index in [-0.39, 0.29) is 0 Å². The van der Waals surface area contributed by atoms with Crippen LogP contribution in [0, 0.1) is 11.8 Å². The second kappa shape index (κ2) is 7.14. The second-order valence-corrected chi connectivity index (χ2v) is 7.64. The first kappa shape index (κ1) is 16.0. The first-order chi connectivity index (χ1) is 10.6. The minimum absolute atomic E-state index is 0.537. The molecule has 2 fully saturated rings. The van der Waals surface area contributed by atoms with E-state index >= 15 is 0 Å². The van der Waals surface area contributed by atoms with Crippen LogP contribution in [0.2, 0.25) is 5.15 Å². The van der Waals surface area contributed by atoms with E-state index in [0.717, 1.165) is 24.1 Å². The minimum Gasteiger partial charge on any atom is -0.370 e. The summed E-state index contributed by atoms with van der Waals surface area (Å²) < 4.78 is 0. The lowest BCUT2D eigenvalue weighted by Crippen LogP contribution is -2.39. The van der Waals surface area contributed by atoms with Crippen molar-refractivity contribution in [2.75, 3.05) is 31.5 Å². The normalized spacial score (nSPS) is 23.0. The van der Waals surface area contributed by atoms with Crippen molar-refractivity contribution in [3.8, 4) is 0 Å². The number of piperidine rings is 1. The summed E-state index contributed by atoms with van der Waals surface area (Å²) in [7, 11) is 0. The monoisotopic (exact) mass is 322 g/mol. The van der Waals surface area contributed by atoms with Gasteiger partial charge in [-0.05, 0) is 44.1 Å². The SMILES string of the molecule is CC(C)CN1CCCC(CNc2cc(Cl)nc(C3CC3)n2)C1. The molecule has 122 valence electrons. The Morgan fingerprint density at radius 3 is 2.86 bits per heavy atom. The highest BCUT2D eigenvalue weighted by atomic mass is 35.5. The van der Waals surface area contributed by atoms with Crippen LogP contribution in [0.1, 0.15) is 51.3 Å². The summed E-state index contributed by atoms with van der Waals surface area (Å²) in [6.07, 6.45) is 5.01. The quantitative estimate of drug-likeness (QED) is 0.809. The number of likely N-dealkylation sites (tertiary alicyclic amines) is 1. The molecule has 1 saturated carbocycles. The number of anilines is 1. The number of hydrogen-bond donors (Lipinski definition) is 1. The van der Waals surface area contributed by atoms with Gasteiger partial charge in [0.2, 0.25) is 0 Å². The Bertz CT molecular complexity index is 501. The molecular formula is C17H27ClN4. The molecule has 1 unspecified atom stereocenters. The number of nitrogens with one attached hydrogen (secondary N) is 1. The summed E-state index contributed by atoms with van der Waals surface area (Å²) in [6, 6.07) is 1.85. The van der Waals surface area contributed by atoms with Gasteiger partial charge in [0.15, 0.2) is 0 Å². The maximum Gasteiger partial charge on any atom is 0.135 e. The molecule has 1 aliphatic carbocycles. The molecule has 2 heterocycles. The van der Waals surface area contributed by atoms with Crippen LogP contribution in [-0.4, -0.2) is 41.0 Å². The lowest BCUT2D eigenvalue weighted by Gasteiger charge is -2.33. The zero-order valence-electron chi connectivity index (χ0n) is 13.7. The molecule has 1 aromatic heterocycles. The first-order valence-electron chi connectivity index (χ1n) is 8.61. The number of hydrogen-bond acceptors (Lipinski definition) is 4. The van der Waals surface area contributed by atoms with Crippen LogP contribution < -0.4 is 5.32 Å². The molecule has 22 heavy (non-hydrogen) atoms. The number of halogens is 1. The van der Waals surface area contributed by atoms with Gasteiger partial charge in [-0.2, -0.15) is 0 Å². The average Bonchev–Trinajstić information content (AvgIpc) is 3.29. The van der Waals surface area contributed by atoms with Gasteiger partial charge in [0.1, 0.15) is 16.8 Å². The van der Waals surface area contributed by atoms with Crippen molar-refractivity contribution in [1.82, 2.24) is 14.9 Å². The maximum atomic E-state index is 6.12. The Morgan fingerprint density at radius 2 is 2.14 bits per heavy atom. The summed E-state index contributed by atoms with van der Waals surface area (Å²) in [5, 5.41) is 4.05. The summed E-state index contributed by atoms with van der Waals surface area (Å²) in [4.78, 5) is 11.6. The highest BCUT2D eigenvalue weighted by Gasteiger charge is 2.27. The van der Waals surface area contributed by atoms with Gasteiger partial charge in [0.25, 0.3) is 0 Å². The van der Waals surface area contributed by atoms with Gasteiger partial charge >= 0.3 is 0 Å². The highest BCUT2D eigenvalue weighted by Crippen LogP contribution is 2.38. The van der Waals surface area contributed by atoms with Crippen molar-refractivity contribution < 1.29 is 0 Å². The van der Waals surface area contributed by atoms with Crippen molar-refractivity contribution >= 4 is 17.4 Å². The Labute approximate surface area is 138 Å². The molecule has 0 bridgehead atoms. The third-order valence-electron chi connectivity index (χ3n) is 4.45. The Balaban J connectivity index is 1.53. The first-order valence-corrected chi connectivity index (χ1v) is 8.98. The van der Waals surface area contributed by atoms with Crippen LogP contribution in [0.5, 0.6) is 0 Å². The van der Waals surface area contributed by atoms with E-state index in [1.165, 1.54) is 45.3 Å². The van der Waals surface area contributed by atoms with E-state index in [1.54, 1.807) is 0 Å². The second-order valence-electron chi connectivity index (χ2n) is 7.25. The van der Waals surface area contributed by atoms with Crippen LogP contribution in [0.15, 0.2) is 6.07 Å². The van der Waals surface area contributed by atoms with Gasteiger partial charge in [-0.15, -0.1) is 0 Å². The molecule has 3 rings (SSSR count). The summed E-state index contributed by atoms with van der Waals surface area (Å²) >= 11 is 6.12. The molecule has 5 heteroatoms. The standard InChI is InChI=1S/C17H27ClN4/c1-12(2)10-22-7-3-4-13(11-22)9-19-16-8-15(18)20-17(21-16)14-5-6-14/h8,12-14H,3-7,9-11H2,1-2H3,(H,19,20,21). The van der Waals surface area contributed by atoms with Crippen LogP contribution in [-0.2, 0) is 0 Å². The van der Waals surface area contributed by atoms with Crippen LogP contribution in [0.4, 0.5) is 5.82 Å². The fraction of sp³-hybridized carbons (Fsp3) is 0.765. The van der Waals surface area contributed by atoms with Crippen molar-refractivity contribution in [2.45, 2.75) is 45.4 Å². The molecule has 1 atom stereocenters. The zero-order valence-corrected chi connectivity index (χ0v) is 14.4. The summed E-state index contributed by atoms with van der Waals surface area (Å²) in [5.74, 6) is 3.79. The molecule has 0 aromatic carbocycles. The highest BCUT2D eigenvalue weighted by molar-refractivity contribution is 6.29. The largest absolute Gasteiger partial charge is 0.370 e. The smallest absolute Gasteiger partial charge is 0.135 e. The summed E-state index contributed by atoms with van der Waals surface area (Å²) in [6.45, 7) is 9.22. The van der Waals surface area contributed by atoms with Crippen molar-refractivity contribution in [2.24, 2.45) is 11.8 Å². The minimum atomic E-state index is 0.537. The van der Waals surface area contributed by atoms with Gasteiger partial charge in [0, 0.05) is 31.6 Å². The van der Waals surface area contributed by atoms with E-state index in [9.17, 15) is 0 Å². The van der Waals surface area contributed by atoms with E-state index in [1.807, 2.05) is 6.07 Å². The van der Waals surface area contributed by atoms with Gasteiger partial charge in [0.05, 0.1) is 0 Å². The molecule has 0 amide bonds. The van der Waals surface area contributed by atoms with Gasteiger partial charge in [-0.3, -0.25) is 0 Å². The zero-order chi connectivity index (χ0) is 15.5. The fourth-order valence-corrected chi connectivity index (χ4v) is 3.49. The number of nitrogens with zero attached hydrogens (tertiary/aromatic N) is 3. The molecule has 0 radical (unpaired) electrons. The maximum absolute atomic E-state index is 6.12. The van der Waals surface area contributed by atoms with Crippen LogP contribution in [0.25, 0.3) is 0 Å². The molecule has 1 N–H and O–H groups in total. The van der Waals surface area contributed by atoms with E-state index in [4.69, 9.17) is 11.6 Å². The summed E-state index contributed by atoms with van der Waals surface area (Å²) in [5.41, 5.74) is 0. The van der Waals surface area contributed by atoms with E-state index in [2.05, 4.69) is 34.0 Å². The topological polar surface area (TPSA) is 41.0 Å². The Hall–Kier alpha value is -0.870. The fourth-order valence-electron chi connectivity index (χ4n) is 3.30. The van der Waals surface area contributed by atoms with Crippen LogP contribution in [0.3, 0.4) is 0 Å². The third-order valence-corrected chi connectivity index (χ3v) is 4.65. The molecule has 2 aliphatic rings. The lowest BCUT2D eigenvalue weighted by atomic mass is 9.97. The van der Waals surface area contributed by atoms with Gasteiger partial charge in [-0.25, -0.2) is 9.97 Å². The van der Waals surface area contributed by atoms with Crippen molar-refractivity contribution in [3.05, 3.63) is 17.0 Å². The predicted octanol–water partition coefficient (Wildman–Crippen LogP) is 3.79. The third kappa shape index (κ3) is 4.56. The van der Waals surface area contributed by atoms with E-state index < -0.39 is 0 Å². The lowest BCUT2D eigenvalue weighted by molar-refractivity contribution is 0.164. The van der Waals surface area contributed by atoms with Crippen LogP contribution >= 0.6 is 11.6 Å². The Kier molecular flexibility index (Phi) is 5.19. The Morgan fingerprint density at radius 1 is 1.32 bits per heavy atom. The molecule has 4 nitrogen and oxygen atoms in total. The predicted molar refractivity (Wildman–Crippen MR) is 91.5 cm³/mol. The van der Waals surface area contributed by atoms with E-state index in [0.29, 0.717) is 17.0 Å². The van der Waals surface area contributed by atoms with Crippen molar-refractivity contribution in [1.29, 1.82) is 0 Å². The number of aromatic nitrogens is 2.